The molecule has 0 bridgehead atoms. The number of benzene rings is 2. The Morgan fingerprint density at radius 2 is 1.77 bits per heavy atom. The number of esters is 1. The molecule has 1 amide bonds. The molecule has 1 aliphatic rings. The minimum atomic E-state index is -3.73. The maximum Gasteiger partial charge on any atom is 0.338 e. The Labute approximate surface area is 182 Å². The van der Waals surface area contributed by atoms with Gasteiger partial charge in [0.1, 0.15) is 0 Å². The number of nitrogens with zero attached hydrogens (tertiary/aromatic N) is 2. The van der Waals surface area contributed by atoms with Crippen molar-refractivity contribution in [1.29, 1.82) is 0 Å². The normalized spacial score (nSPS) is 14.7. The third kappa shape index (κ3) is 5.90. The number of ether oxygens (including phenoxy) is 2. The van der Waals surface area contributed by atoms with Crippen molar-refractivity contribution in [1.82, 2.24) is 9.21 Å². The summed E-state index contributed by atoms with van der Waals surface area (Å²) in [7, 11) is -3.73. The van der Waals surface area contributed by atoms with Gasteiger partial charge in [0.05, 0.1) is 23.7 Å². The zero-order chi connectivity index (χ0) is 22.3. The van der Waals surface area contributed by atoms with E-state index in [2.05, 4.69) is 0 Å². The summed E-state index contributed by atoms with van der Waals surface area (Å²) in [6, 6.07) is 15.2. The summed E-state index contributed by atoms with van der Waals surface area (Å²) < 4.78 is 37.3. The first-order chi connectivity index (χ1) is 14.9. The van der Waals surface area contributed by atoms with Crippen LogP contribution in [0.4, 0.5) is 0 Å². The molecule has 0 radical (unpaired) electrons. The maximum absolute atomic E-state index is 12.8. The van der Waals surface area contributed by atoms with Crippen LogP contribution in [-0.2, 0) is 30.8 Å². The van der Waals surface area contributed by atoms with E-state index < -0.39 is 22.6 Å². The van der Waals surface area contributed by atoms with Crippen molar-refractivity contribution in [2.75, 3.05) is 39.5 Å². The molecule has 0 aromatic heterocycles. The molecule has 1 fully saturated rings. The van der Waals surface area contributed by atoms with Crippen LogP contribution in [0.2, 0.25) is 0 Å². The van der Waals surface area contributed by atoms with Crippen molar-refractivity contribution in [3.63, 3.8) is 0 Å². The van der Waals surface area contributed by atoms with Gasteiger partial charge in [-0.25, -0.2) is 13.2 Å². The predicted molar refractivity (Wildman–Crippen MR) is 114 cm³/mol. The summed E-state index contributed by atoms with van der Waals surface area (Å²) in [5.41, 5.74) is 1.05. The first-order valence-corrected chi connectivity index (χ1v) is 11.5. The number of hydrogen-bond acceptors (Lipinski definition) is 6. The minimum absolute atomic E-state index is 0.00874. The number of likely N-dealkylation sites (N-methyl/N-ethyl adjacent to an activating group) is 1. The first-order valence-electron chi connectivity index (χ1n) is 10.1. The highest BCUT2D eigenvalue weighted by Crippen LogP contribution is 2.19. The molecule has 0 N–H and O–H groups in total. The number of morpholine rings is 1. The Hall–Kier alpha value is -2.75. The van der Waals surface area contributed by atoms with Gasteiger partial charge in [0.25, 0.3) is 5.91 Å². The predicted octanol–water partition coefficient (Wildman–Crippen LogP) is 1.91. The van der Waals surface area contributed by atoms with Crippen LogP contribution in [0.15, 0.2) is 59.5 Å². The Balaban J connectivity index is 1.62. The molecule has 0 spiro atoms. The van der Waals surface area contributed by atoms with Crippen molar-refractivity contribution in [3.05, 3.63) is 65.7 Å². The monoisotopic (exact) mass is 446 g/mol. The third-order valence-electron chi connectivity index (χ3n) is 4.95. The van der Waals surface area contributed by atoms with Crippen LogP contribution < -0.4 is 0 Å². The average Bonchev–Trinajstić information content (AvgIpc) is 2.82. The summed E-state index contributed by atoms with van der Waals surface area (Å²) in [5, 5.41) is 0. The summed E-state index contributed by atoms with van der Waals surface area (Å²) in [6.45, 7) is 3.52. The molecule has 166 valence electrons. The second-order valence-electron chi connectivity index (χ2n) is 7.01. The number of carbonyl (C=O) groups is 2. The van der Waals surface area contributed by atoms with Crippen molar-refractivity contribution in [2.45, 2.75) is 18.4 Å². The Morgan fingerprint density at radius 1 is 1.06 bits per heavy atom. The van der Waals surface area contributed by atoms with Crippen LogP contribution in [0.1, 0.15) is 22.8 Å². The number of rotatable bonds is 8. The zero-order valence-corrected chi connectivity index (χ0v) is 18.2. The standard InChI is InChI=1S/C22H26N2O6S/c1-2-23(16-18-7-4-3-5-8-18)21(25)17-30-22(26)19-9-6-10-20(15-19)31(27,28)24-11-13-29-14-12-24/h3-10,15H,2,11-14,16-17H2,1H3. The first kappa shape index (κ1) is 22.9. The number of sulfonamides is 1. The van der Waals surface area contributed by atoms with Crippen LogP contribution in [0.3, 0.4) is 0 Å². The molecule has 0 atom stereocenters. The highest BCUT2D eigenvalue weighted by Gasteiger charge is 2.27. The van der Waals surface area contributed by atoms with Gasteiger partial charge in [0.15, 0.2) is 6.61 Å². The molecule has 0 saturated carbocycles. The molecule has 0 unspecified atom stereocenters. The quantitative estimate of drug-likeness (QED) is 0.575. The second kappa shape index (κ2) is 10.5. The zero-order valence-electron chi connectivity index (χ0n) is 17.4. The Bertz CT molecular complexity index is 1000. The van der Waals surface area contributed by atoms with E-state index in [0.717, 1.165) is 5.56 Å². The fourth-order valence-corrected chi connectivity index (χ4v) is 4.66. The van der Waals surface area contributed by atoms with Crippen LogP contribution in [0, 0.1) is 0 Å². The Kier molecular flexibility index (Phi) is 7.78. The summed E-state index contributed by atoms with van der Waals surface area (Å²) in [4.78, 5) is 26.5. The molecule has 2 aromatic carbocycles. The SMILES string of the molecule is CCN(Cc1ccccc1)C(=O)COC(=O)c1cccc(S(=O)(=O)N2CCOCC2)c1. The third-order valence-corrected chi connectivity index (χ3v) is 6.85. The molecule has 3 rings (SSSR count). The molecule has 8 nitrogen and oxygen atoms in total. The van der Waals surface area contributed by atoms with Gasteiger partial charge in [-0.05, 0) is 30.7 Å². The second-order valence-corrected chi connectivity index (χ2v) is 8.95. The molecule has 1 heterocycles. The molecule has 1 aliphatic heterocycles. The number of hydrogen-bond donors (Lipinski definition) is 0. The summed E-state index contributed by atoms with van der Waals surface area (Å²) in [5.74, 6) is -1.07. The van der Waals surface area contributed by atoms with E-state index in [1.165, 1.54) is 28.6 Å². The lowest BCUT2D eigenvalue weighted by Crippen LogP contribution is -2.40. The van der Waals surface area contributed by atoms with E-state index in [1.807, 2.05) is 37.3 Å². The van der Waals surface area contributed by atoms with Gasteiger partial charge in [-0.1, -0.05) is 36.4 Å². The molecule has 0 aliphatic carbocycles. The van der Waals surface area contributed by atoms with Gasteiger partial charge >= 0.3 is 5.97 Å². The highest BCUT2D eigenvalue weighted by molar-refractivity contribution is 7.89. The van der Waals surface area contributed by atoms with Gasteiger partial charge in [0.2, 0.25) is 10.0 Å². The lowest BCUT2D eigenvalue weighted by Gasteiger charge is -2.26. The van der Waals surface area contributed by atoms with Gasteiger partial charge in [-0.2, -0.15) is 4.31 Å². The molecule has 9 heteroatoms. The molecular formula is C22H26N2O6S. The van der Waals surface area contributed by atoms with Crippen LogP contribution in [0.5, 0.6) is 0 Å². The van der Waals surface area contributed by atoms with Crippen molar-refractivity contribution < 1.29 is 27.5 Å². The van der Waals surface area contributed by atoms with Crippen LogP contribution in [-0.4, -0.2) is 69.0 Å². The lowest BCUT2D eigenvalue weighted by atomic mass is 10.2. The molecule has 31 heavy (non-hydrogen) atoms. The fraction of sp³-hybridized carbons (Fsp3) is 0.364. The topological polar surface area (TPSA) is 93.2 Å². The van der Waals surface area contributed by atoms with E-state index in [-0.39, 0.29) is 29.5 Å². The van der Waals surface area contributed by atoms with Crippen LogP contribution >= 0.6 is 0 Å². The van der Waals surface area contributed by atoms with E-state index in [9.17, 15) is 18.0 Å². The van der Waals surface area contributed by atoms with E-state index in [4.69, 9.17) is 9.47 Å². The minimum Gasteiger partial charge on any atom is -0.452 e. The smallest absolute Gasteiger partial charge is 0.338 e. The van der Waals surface area contributed by atoms with Crippen molar-refractivity contribution in [3.8, 4) is 0 Å². The highest BCUT2D eigenvalue weighted by atomic mass is 32.2. The maximum atomic E-state index is 12.8. The van der Waals surface area contributed by atoms with Crippen molar-refractivity contribution >= 4 is 21.9 Å². The van der Waals surface area contributed by atoms with Gasteiger partial charge in [0, 0.05) is 26.2 Å². The van der Waals surface area contributed by atoms with Crippen LogP contribution in [0.25, 0.3) is 0 Å². The Morgan fingerprint density at radius 3 is 2.45 bits per heavy atom. The number of carbonyl (C=O) groups excluding carboxylic acids is 2. The lowest BCUT2D eigenvalue weighted by molar-refractivity contribution is -0.134. The number of amides is 1. The largest absolute Gasteiger partial charge is 0.452 e. The van der Waals surface area contributed by atoms with E-state index in [0.29, 0.717) is 26.3 Å². The molecule has 2 aromatic rings. The molecule has 1 saturated heterocycles. The van der Waals surface area contributed by atoms with Gasteiger partial charge in [-0.15, -0.1) is 0 Å². The van der Waals surface area contributed by atoms with Gasteiger partial charge in [-0.3, -0.25) is 4.79 Å². The van der Waals surface area contributed by atoms with Gasteiger partial charge < -0.3 is 14.4 Å². The molecular weight excluding hydrogens is 420 g/mol. The van der Waals surface area contributed by atoms with E-state index in [1.54, 1.807) is 4.90 Å². The van der Waals surface area contributed by atoms with Crippen molar-refractivity contribution in [2.24, 2.45) is 0 Å². The summed E-state index contributed by atoms with van der Waals surface area (Å²) >= 11 is 0. The van der Waals surface area contributed by atoms with E-state index >= 15 is 0 Å². The summed E-state index contributed by atoms with van der Waals surface area (Å²) in [6.07, 6.45) is 0. The fourth-order valence-electron chi connectivity index (χ4n) is 3.20. The average molecular weight is 447 g/mol.